The largest absolute Gasteiger partial charge is 0.339 e. The Bertz CT molecular complexity index is 530. The van der Waals surface area contributed by atoms with Gasteiger partial charge in [0.2, 0.25) is 0 Å². The van der Waals surface area contributed by atoms with Crippen LogP contribution in [0.25, 0.3) is 0 Å². The lowest BCUT2D eigenvalue weighted by Gasteiger charge is -2.21. The highest BCUT2D eigenvalue weighted by atomic mass is 79.9. The van der Waals surface area contributed by atoms with E-state index in [1.165, 1.54) is 5.01 Å². The molecule has 0 saturated carbocycles. The molecule has 0 saturated heterocycles. The first-order chi connectivity index (χ1) is 8.66. The van der Waals surface area contributed by atoms with Gasteiger partial charge in [0.1, 0.15) is 0 Å². The Morgan fingerprint density at radius 2 is 1.67 bits per heavy atom. The Kier molecular flexibility index (Phi) is 4.23. The van der Waals surface area contributed by atoms with Gasteiger partial charge in [0, 0.05) is 4.47 Å². The van der Waals surface area contributed by atoms with Crippen molar-refractivity contribution in [2.75, 3.05) is 10.4 Å². The van der Waals surface area contributed by atoms with Gasteiger partial charge >= 0.3 is 5.37 Å². The van der Waals surface area contributed by atoms with Gasteiger partial charge in [0.05, 0.1) is 11.4 Å². The van der Waals surface area contributed by atoms with Gasteiger partial charge in [-0.1, -0.05) is 34.1 Å². The first-order valence-corrected chi connectivity index (χ1v) is 6.41. The third kappa shape index (κ3) is 3.24. The molecule has 92 valence electrons. The number of carbonyl (C=O) groups is 1. The third-order valence-corrected chi connectivity index (χ3v) is 2.97. The van der Waals surface area contributed by atoms with Crippen molar-refractivity contribution < 1.29 is 4.79 Å². The molecular formula is C13H10BrClN2O. The van der Waals surface area contributed by atoms with Crippen molar-refractivity contribution in [2.45, 2.75) is 0 Å². The minimum absolute atomic E-state index is 0.593. The average Bonchev–Trinajstić information content (AvgIpc) is 2.38. The Hall–Kier alpha value is -1.52. The number of nitrogens with zero attached hydrogens (tertiary/aromatic N) is 1. The third-order valence-electron chi connectivity index (χ3n) is 2.28. The van der Waals surface area contributed by atoms with Crippen molar-refractivity contribution in [3.05, 3.63) is 59.1 Å². The number of anilines is 2. The second-order valence-corrected chi connectivity index (χ2v) is 4.78. The molecule has 2 aromatic carbocycles. The molecule has 0 fully saturated rings. The minimum Gasteiger partial charge on any atom is -0.290 e. The van der Waals surface area contributed by atoms with Crippen molar-refractivity contribution in [3.63, 3.8) is 0 Å². The van der Waals surface area contributed by atoms with E-state index in [-0.39, 0.29) is 0 Å². The number of hydrogen-bond donors (Lipinski definition) is 1. The van der Waals surface area contributed by atoms with Gasteiger partial charge in [0.15, 0.2) is 0 Å². The molecule has 0 bridgehead atoms. The van der Waals surface area contributed by atoms with Crippen molar-refractivity contribution in [3.8, 4) is 0 Å². The van der Waals surface area contributed by atoms with Gasteiger partial charge in [-0.2, -0.15) is 0 Å². The smallest absolute Gasteiger partial charge is 0.290 e. The summed E-state index contributed by atoms with van der Waals surface area (Å²) in [4.78, 5) is 11.4. The summed E-state index contributed by atoms with van der Waals surface area (Å²) in [6, 6.07) is 16.6. The monoisotopic (exact) mass is 324 g/mol. The van der Waals surface area contributed by atoms with E-state index in [4.69, 9.17) is 11.6 Å². The van der Waals surface area contributed by atoms with Crippen LogP contribution in [0.1, 0.15) is 0 Å². The second kappa shape index (κ2) is 5.89. The average molecular weight is 326 g/mol. The molecule has 5 heteroatoms. The van der Waals surface area contributed by atoms with Crippen LogP contribution in [0, 0.1) is 0 Å². The second-order valence-electron chi connectivity index (χ2n) is 3.54. The van der Waals surface area contributed by atoms with Crippen LogP contribution >= 0.6 is 27.5 Å². The van der Waals surface area contributed by atoms with Gasteiger partial charge in [-0.05, 0) is 48.0 Å². The van der Waals surface area contributed by atoms with Crippen LogP contribution < -0.4 is 10.4 Å². The number of rotatable bonds is 3. The number of hydrazine groups is 1. The summed E-state index contributed by atoms with van der Waals surface area (Å²) in [5.74, 6) is 0. The topological polar surface area (TPSA) is 32.3 Å². The normalized spacial score (nSPS) is 9.89. The first kappa shape index (κ1) is 12.9. The molecular weight excluding hydrogens is 316 g/mol. The van der Waals surface area contributed by atoms with Crippen molar-refractivity contribution in [1.82, 2.24) is 0 Å². The standard InChI is InChI=1S/C13H10BrClN2O/c14-10-6-8-11(9-7-10)16-17(13(15)18)12-4-2-1-3-5-12/h1-9,16H. The fourth-order valence-electron chi connectivity index (χ4n) is 1.44. The van der Waals surface area contributed by atoms with Crippen LogP contribution in [0.15, 0.2) is 59.1 Å². The van der Waals surface area contributed by atoms with Gasteiger partial charge in [-0.3, -0.25) is 10.2 Å². The molecule has 0 aliphatic rings. The van der Waals surface area contributed by atoms with Crippen LogP contribution in [-0.2, 0) is 0 Å². The molecule has 0 aliphatic heterocycles. The lowest BCUT2D eigenvalue weighted by molar-refractivity contribution is 0.265. The molecule has 0 unspecified atom stereocenters. The molecule has 1 N–H and O–H groups in total. The number of carbonyl (C=O) groups excluding carboxylic acids is 1. The minimum atomic E-state index is -0.593. The number of para-hydroxylation sites is 1. The Morgan fingerprint density at radius 3 is 2.22 bits per heavy atom. The van der Waals surface area contributed by atoms with Crippen LogP contribution in [0.3, 0.4) is 0 Å². The lowest BCUT2D eigenvalue weighted by Crippen LogP contribution is -2.32. The fraction of sp³-hybridized carbons (Fsp3) is 0. The predicted octanol–water partition coefficient (Wildman–Crippen LogP) is 4.64. The molecule has 0 atom stereocenters. The van der Waals surface area contributed by atoms with Crippen molar-refractivity contribution in [1.29, 1.82) is 0 Å². The Balaban J connectivity index is 2.22. The molecule has 0 aromatic heterocycles. The molecule has 0 aliphatic carbocycles. The number of hydrogen-bond acceptors (Lipinski definition) is 2. The van der Waals surface area contributed by atoms with Crippen LogP contribution in [0.2, 0.25) is 0 Å². The summed E-state index contributed by atoms with van der Waals surface area (Å²) in [7, 11) is 0. The summed E-state index contributed by atoms with van der Waals surface area (Å²) in [5.41, 5.74) is 4.41. The number of halogens is 2. The van der Waals surface area contributed by atoms with Crippen LogP contribution in [0.5, 0.6) is 0 Å². The molecule has 2 aromatic rings. The predicted molar refractivity (Wildman–Crippen MR) is 77.9 cm³/mol. The zero-order valence-corrected chi connectivity index (χ0v) is 11.6. The SMILES string of the molecule is O=C(Cl)N(Nc1ccc(Br)cc1)c1ccccc1. The number of benzene rings is 2. The van der Waals surface area contributed by atoms with Gasteiger partial charge in [0.25, 0.3) is 0 Å². The molecule has 18 heavy (non-hydrogen) atoms. The Morgan fingerprint density at radius 1 is 1.06 bits per heavy atom. The zero-order chi connectivity index (χ0) is 13.0. The van der Waals surface area contributed by atoms with Crippen LogP contribution in [-0.4, -0.2) is 5.37 Å². The van der Waals surface area contributed by atoms with E-state index in [0.29, 0.717) is 5.69 Å². The van der Waals surface area contributed by atoms with Gasteiger partial charge in [-0.15, -0.1) is 0 Å². The molecule has 2 rings (SSSR count). The van der Waals surface area contributed by atoms with E-state index >= 15 is 0 Å². The summed E-state index contributed by atoms with van der Waals surface area (Å²) in [6.07, 6.45) is 0. The lowest BCUT2D eigenvalue weighted by atomic mass is 10.3. The van der Waals surface area contributed by atoms with Crippen molar-refractivity contribution >= 4 is 44.3 Å². The number of amides is 1. The highest BCUT2D eigenvalue weighted by Gasteiger charge is 2.12. The summed E-state index contributed by atoms with van der Waals surface area (Å²) >= 11 is 8.93. The maximum Gasteiger partial charge on any atom is 0.339 e. The molecule has 0 radical (unpaired) electrons. The first-order valence-electron chi connectivity index (χ1n) is 5.23. The van der Waals surface area contributed by atoms with E-state index in [2.05, 4.69) is 21.4 Å². The molecule has 0 spiro atoms. The molecule has 1 amide bonds. The van der Waals surface area contributed by atoms with E-state index in [1.54, 1.807) is 12.1 Å². The van der Waals surface area contributed by atoms with Crippen LogP contribution in [0.4, 0.5) is 16.2 Å². The summed E-state index contributed by atoms with van der Waals surface area (Å²) in [5, 5.41) is 0.689. The van der Waals surface area contributed by atoms with Gasteiger partial charge < -0.3 is 0 Å². The summed E-state index contributed by atoms with van der Waals surface area (Å²) in [6.45, 7) is 0. The Labute approximate surface area is 118 Å². The summed E-state index contributed by atoms with van der Waals surface area (Å²) < 4.78 is 0.969. The molecule has 3 nitrogen and oxygen atoms in total. The maximum absolute atomic E-state index is 11.4. The number of nitrogens with one attached hydrogen (secondary N) is 1. The molecule has 0 heterocycles. The fourth-order valence-corrected chi connectivity index (χ4v) is 1.84. The van der Waals surface area contributed by atoms with Crippen molar-refractivity contribution in [2.24, 2.45) is 0 Å². The highest BCUT2D eigenvalue weighted by molar-refractivity contribution is 9.10. The quantitative estimate of drug-likeness (QED) is 0.506. The van der Waals surface area contributed by atoms with E-state index in [0.717, 1.165) is 10.2 Å². The van der Waals surface area contributed by atoms with E-state index < -0.39 is 5.37 Å². The maximum atomic E-state index is 11.4. The highest BCUT2D eigenvalue weighted by Crippen LogP contribution is 2.19. The van der Waals surface area contributed by atoms with E-state index in [1.807, 2.05) is 42.5 Å². The van der Waals surface area contributed by atoms with Gasteiger partial charge in [-0.25, -0.2) is 5.01 Å². The zero-order valence-electron chi connectivity index (χ0n) is 9.31. The van der Waals surface area contributed by atoms with E-state index in [9.17, 15) is 4.79 Å².